The minimum absolute atomic E-state index is 0.00133. The molecule has 1 amide bonds. The zero-order chi connectivity index (χ0) is 20.1. The molecule has 0 radical (unpaired) electrons. The lowest BCUT2D eigenvalue weighted by molar-refractivity contribution is -0.115. The first-order chi connectivity index (χ1) is 13.4. The second-order valence-electron chi connectivity index (χ2n) is 6.50. The van der Waals surface area contributed by atoms with E-state index in [2.05, 4.69) is 15.3 Å². The molecule has 1 aromatic heterocycles. The van der Waals surface area contributed by atoms with Crippen LogP contribution in [0.3, 0.4) is 0 Å². The monoisotopic (exact) mass is 397 g/mol. The second kappa shape index (κ2) is 8.84. The van der Waals surface area contributed by atoms with Crippen molar-refractivity contribution in [3.8, 4) is 0 Å². The number of halogens is 1. The molecular formula is C21H20FN3O2S. The van der Waals surface area contributed by atoms with Crippen LogP contribution >= 0.6 is 11.8 Å². The highest BCUT2D eigenvalue weighted by molar-refractivity contribution is 7.98. The van der Waals surface area contributed by atoms with Gasteiger partial charge in [-0.25, -0.2) is 9.37 Å². The maximum absolute atomic E-state index is 13.0. The number of aromatic amines is 1. The first-order valence-corrected chi connectivity index (χ1v) is 9.72. The number of aromatic nitrogens is 2. The number of aryl methyl sites for hydroxylation is 2. The Kier molecular flexibility index (Phi) is 6.26. The Hall–Kier alpha value is -2.93. The fourth-order valence-electron chi connectivity index (χ4n) is 2.69. The number of thioether (sulfide) groups is 1. The number of hydrogen-bond donors (Lipinski definition) is 2. The van der Waals surface area contributed by atoms with E-state index in [1.54, 1.807) is 12.1 Å². The number of benzene rings is 2. The molecule has 1 heterocycles. The maximum atomic E-state index is 13.0. The molecule has 0 fully saturated rings. The molecule has 0 aliphatic heterocycles. The van der Waals surface area contributed by atoms with Crippen LogP contribution in [0.1, 0.15) is 22.4 Å². The summed E-state index contributed by atoms with van der Waals surface area (Å²) in [5, 5.41) is 3.28. The van der Waals surface area contributed by atoms with E-state index in [0.717, 1.165) is 22.4 Å². The van der Waals surface area contributed by atoms with Crippen molar-refractivity contribution >= 4 is 23.4 Å². The summed E-state index contributed by atoms with van der Waals surface area (Å²) >= 11 is 1.32. The van der Waals surface area contributed by atoms with E-state index in [9.17, 15) is 14.0 Å². The second-order valence-corrected chi connectivity index (χ2v) is 7.46. The van der Waals surface area contributed by atoms with E-state index in [4.69, 9.17) is 0 Å². The van der Waals surface area contributed by atoms with Crippen molar-refractivity contribution in [3.63, 3.8) is 0 Å². The predicted octanol–water partition coefficient (Wildman–Crippen LogP) is 4.00. The Balaban J connectivity index is 1.66. The number of anilines is 1. The summed E-state index contributed by atoms with van der Waals surface area (Å²) in [6, 6.07) is 13.2. The largest absolute Gasteiger partial charge is 0.326 e. The van der Waals surface area contributed by atoms with E-state index in [-0.39, 0.29) is 23.7 Å². The van der Waals surface area contributed by atoms with Crippen LogP contribution in [0.15, 0.2) is 58.5 Å². The Morgan fingerprint density at radius 2 is 1.89 bits per heavy atom. The predicted molar refractivity (Wildman–Crippen MR) is 109 cm³/mol. The first-order valence-electron chi connectivity index (χ1n) is 8.73. The number of carbonyl (C=O) groups excluding carboxylic acids is 1. The zero-order valence-corrected chi connectivity index (χ0v) is 16.4. The van der Waals surface area contributed by atoms with Crippen molar-refractivity contribution in [2.24, 2.45) is 0 Å². The van der Waals surface area contributed by atoms with Crippen LogP contribution in [-0.4, -0.2) is 15.9 Å². The lowest BCUT2D eigenvalue weighted by atomic mass is 10.1. The standard InChI is InChI=1S/C21H20FN3O2S/c1-13-3-8-18(14(2)9-13)24-19(26)10-17-11-20(27)25-21(23-17)28-12-15-4-6-16(22)7-5-15/h3-9,11H,10,12H2,1-2H3,(H,24,26)(H,23,25,27). The van der Waals surface area contributed by atoms with Gasteiger partial charge in [0.05, 0.1) is 12.1 Å². The van der Waals surface area contributed by atoms with Gasteiger partial charge >= 0.3 is 0 Å². The summed E-state index contributed by atoms with van der Waals surface area (Å²) in [5.41, 5.74) is 3.83. The van der Waals surface area contributed by atoms with Gasteiger partial charge in [0, 0.05) is 17.5 Å². The van der Waals surface area contributed by atoms with Crippen molar-refractivity contribution < 1.29 is 9.18 Å². The minimum Gasteiger partial charge on any atom is -0.326 e. The molecule has 5 nitrogen and oxygen atoms in total. The van der Waals surface area contributed by atoms with E-state index >= 15 is 0 Å². The van der Waals surface area contributed by atoms with E-state index in [1.807, 2.05) is 32.0 Å². The van der Waals surface area contributed by atoms with Gasteiger partial charge in [0.25, 0.3) is 5.56 Å². The van der Waals surface area contributed by atoms with Gasteiger partial charge in [-0.1, -0.05) is 41.6 Å². The number of nitrogens with zero attached hydrogens (tertiary/aromatic N) is 1. The number of rotatable bonds is 6. The molecule has 0 saturated carbocycles. The van der Waals surface area contributed by atoms with Gasteiger partial charge in [-0.05, 0) is 43.2 Å². The topological polar surface area (TPSA) is 74.8 Å². The van der Waals surface area contributed by atoms with Crippen molar-refractivity contribution in [1.82, 2.24) is 9.97 Å². The molecular weight excluding hydrogens is 377 g/mol. The van der Waals surface area contributed by atoms with Gasteiger partial charge in [0.1, 0.15) is 5.82 Å². The third kappa shape index (κ3) is 5.53. The van der Waals surface area contributed by atoms with Crippen LogP contribution in [0.5, 0.6) is 0 Å². The highest BCUT2D eigenvalue weighted by atomic mass is 32.2. The van der Waals surface area contributed by atoms with Crippen LogP contribution in [0.4, 0.5) is 10.1 Å². The lowest BCUT2D eigenvalue weighted by Gasteiger charge is -2.09. The molecule has 0 atom stereocenters. The maximum Gasteiger partial charge on any atom is 0.251 e. The lowest BCUT2D eigenvalue weighted by Crippen LogP contribution is -2.18. The molecule has 0 saturated heterocycles. The normalized spacial score (nSPS) is 10.7. The highest BCUT2D eigenvalue weighted by Crippen LogP contribution is 2.19. The average molecular weight is 397 g/mol. The summed E-state index contributed by atoms with van der Waals surface area (Å²) in [7, 11) is 0. The molecule has 3 rings (SSSR count). The average Bonchev–Trinajstić information content (AvgIpc) is 2.63. The molecule has 0 unspecified atom stereocenters. The summed E-state index contributed by atoms with van der Waals surface area (Å²) in [6.45, 7) is 3.92. The quantitative estimate of drug-likeness (QED) is 0.487. The minimum atomic E-state index is -0.314. The van der Waals surface area contributed by atoms with Crippen LogP contribution in [0.2, 0.25) is 0 Å². The Labute approximate surface area is 166 Å². The van der Waals surface area contributed by atoms with E-state index in [0.29, 0.717) is 16.6 Å². The molecule has 0 bridgehead atoms. The Morgan fingerprint density at radius 1 is 1.14 bits per heavy atom. The van der Waals surface area contributed by atoms with E-state index < -0.39 is 0 Å². The fraction of sp³-hybridized carbons (Fsp3) is 0.190. The molecule has 2 N–H and O–H groups in total. The van der Waals surface area contributed by atoms with Crippen LogP contribution in [-0.2, 0) is 17.0 Å². The van der Waals surface area contributed by atoms with Crippen LogP contribution < -0.4 is 10.9 Å². The number of amides is 1. The molecule has 0 spiro atoms. The van der Waals surface area contributed by atoms with Gasteiger partial charge in [-0.2, -0.15) is 0 Å². The summed E-state index contributed by atoms with van der Waals surface area (Å²) < 4.78 is 13.0. The van der Waals surface area contributed by atoms with Gasteiger partial charge in [-0.3, -0.25) is 9.59 Å². The molecule has 7 heteroatoms. The van der Waals surface area contributed by atoms with E-state index in [1.165, 1.54) is 30.0 Å². The number of carbonyl (C=O) groups is 1. The fourth-order valence-corrected chi connectivity index (χ4v) is 3.54. The Morgan fingerprint density at radius 3 is 2.61 bits per heavy atom. The number of H-pyrrole nitrogens is 1. The van der Waals surface area contributed by atoms with Crippen LogP contribution in [0, 0.1) is 19.7 Å². The number of nitrogens with one attached hydrogen (secondary N) is 2. The van der Waals surface area contributed by atoms with Crippen molar-refractivity contribution in [1.29, 1.82) is 0 Å². The summed E-state index contributed by atoms with van der Waals surface area (Å²) in [6.07, 6.45) is 0.00133. The van der Waals surface area contributed by atoms with Crippen molar-refractivity contribution in [2.75, 3.05) is 5.32 Å². The molecule has 0 aliphatic carbocycles. The first kappa shape index (κ1) is 19.8. The third-order valence-corrected chi connectivity index (χ3v) is 5.00. The van der Waals surface area contributed by atoms with Crippen LogP contribution in [0.25, 0.3) is 0 Å². The van der Waals surface area contributed by atoms with Gasteiger partial charge in [0.15, 0.2) is 5.16 Å². The molecule has 3 aromatic rings. The SMILES string of the molecule is Cc1ccc(NC(=O)Cc2cc(=O)[nH]c(SCc3ccc(F)cc3)n2)c(C)c1. The van der Waals surface area contributed by atoms with Crippen molar-refractivity contribution in [3.05, 3.63) is 87.1 Å². The van der Waals surface area contributed by atoms with Gasteiger partial charge in [-0.15, -0.1) is 0 Å². The van der Waals surface area contributed by atoms with Crippen molar-refractivity contribution in [2.45, 2.75) is 31.2 Å². The molecule has 28 heavy (non-hydrogen) atoms. The molecule has 2 aromatic carbocycles. The number of hydrogen-bond acceptors (Lipinski definition) is 4. The summed E-state index contributed by atoms with van der Waals surface area (Å²) in [4.78, 5) is 31.3. The smallest absolute Gasteiger partial charge is 0.251 e. The Bertz CT molecular complexity index is 1050. The van der Waals surface area contributed by atoms with Gasteiger partial charge in [0.2, 0.25) is 5.91 Å². The van der Waals surface area contributed by atoms with Gasteiger partial charge < -0.3 is 10.3 Å². The third-order valence-electron chi connectivity index (χ3n) is 4.06. The molecule has 0 aliphatic rings. The zero-order valence-electron chi connectivity index (χ0n) is 15.6. The summed E-state index contributed by atoms with van der Waals surface area (Å²) in [5.74, 6) is -0.00169. The highest BCUT2D eigenvalue weighted by Gasteiger charge is 2.10. The molecule has 144 valence electrons.